The number of thioether (sulfide) groups is 1. The van der Waals surface area contributed by atoms with Crippen LogP contribution in [0.5, 0.6) is 0 Å². The second-order valence-corrected chi connectivity index (χ2v) is 6.08. The van der Waals surface area contributed by atoms with Crippen molar-refractivity contribution in [3.8, 4) is 11.5 Å². The number of rotatable bonds is 5. The fraction of sp³-hybridized carbons (Fsp3) is 0.0714. The molecule has 0 atom stereocenters. The molecule has 2 heterocycles. The zero-order chi connectivity index (χ0) is 14.7. The van der Waals surface area contributed by atoms with Crippen molar-refractivity contribution in [2.75, 3.05) is 0 Å². The first kappa shape index (κ1) is 13.8. The van der Waals surface area contributed by atoms with E-state index in [9.17, 15) is 4.79 Å². The van der Waals surface area contributed by atoms with E-state index < -0.39 is 5.97 Å². The molecule has 0 saturated carbocycles. The number of nitrogens with zero attached hydrogens (tertiary/aromatic N) is 2. The van der Waals surface area contributed by atoms with Crippen LogP contribution in [0, 0.1) is 0 Å². The topological polar surface area (TPSA) is 76.2 Å². The Balaban J connectivity index is 1.66. The highest BCUT2D eigenvalue weighted by Gasteiger charge is 2.11. The summed E-state index contributed by atoms with van der Waals surface area (Å²) in [6.07, 6.45) is 0. The molecular weight excluding hydrogens is 308 g/mol. The van der Waals surface area contributed by atoms with Crippen molar-refractivity contribution in [1.29, 1.82) is 0 Å². The average Bonchev–Trinajstić information content (AvgIpc) is 3.15. The normalized spacial score (nSPS) is 10.7. The highest BCUT2D eigenvalue weighted by atomic mass is 32.2. The molecule has 106 valence electrons. The number of hydrogen-bond acceptors (Lipinski definition) is 6. The van der Waals surface area contributed by atoms with E-state index >= 15 is 0 Å². The van der Waals surface area contributed by atoms with Crippen LogP contribution in [0.15, 0.2) is 51.2 Å². The smallest absolute Gasteiger partial charge is 0.345 e. The summed E-state index contributed by atoms with van der Waals surface area (Å²) >= 11 is 2.69. The van der Waals surface area contributed by atoms with Crippen LogP contribution in [0.2, 0.25) is 0 Å². The second-order valence-electron chi connectivity index (χ2n) is 4.12. The van der Waals surface area contributed by atoms with Gasteiger partial charge in [0, 0.05) is 15.8 Å². The minimum absolute atomic E-state index is 0.329. The Kier molecular flexibility index (Phi) is 4.03. The zero-order valence-electron chi connectivity index (χ0n) is 10.7. The van der Waals surface area contributed by atoms with Crippen LogP contribution in [0.3, 0.4) is 0 Å². The van der Waals surface area contributed by atoms with E-state index in [4.69, 9.17) is 9.63 Å². The number of benzene rings is 1. The largest absolute Gasteiger partial charge is 0.477 e. The summed E-state index contributed by atoms with van der Waals surface area (Å²) < 4.78 is 5.22. The first-order chi connectivity index (χ1) is 10.2. The van der Waals surface area contributed by atoms with Gasteiger partial charge in [0.2, 0.25) is 0 Å². The fourth-order valence-electron chi connectivity index (χ4n) is 1.67. The van der Waals surface area contributed by atoms with Gasteiger partial charge >= 0.3 is 5.97 Å². The SMILES string of the molecule is O=C(O)c1cc(SCc2noc(-c3ccccc3)n2)cs1. The van der Waals surface area contributed by atoms with Crippen LogP contribution in [0.1, 0.15) is 15.5 Å². The van der Waals surface area contributed by atoms with Crippen molar-refractivity contribution in [2.24, 2.45) is 0 Å². The van der Waals surface area contributed by atoms with Gasteiger partial charge in [0.1, 0.15) is 4.88 Å². The van der Waals surface area contributed by atoms with Crippen molar-refractivity contribution in [1.82, 2.24) is 10.1 Å². The van der Waals surface area contributed by atoms with Crippen LogP contribution in [-0.2, 0) is 5.75 Å². The lowest BCUT2D eigenvalue weighted by Gasteiger charge is -1.92. The van der Waals surface area contributed by atoms with Crippen molar-refractivity contribution >= 4 is 29.1 Å². The van der Waals surface area contributed by atoms with Crippen molar-refractivity contribution in [2.45, 2.75) is 10.6 Å². The van der Waals surface area contributed by atoms with E-state index in [1.165, 1.54) is 23.1 Å². The summed E-state index contributed by atoms with van der Waals surface area (Å²) in [7, 11) is 0. The Labute approximate surface area is 128 Å². The number of aromatic nitrogens is 2. The Morgan fingerprint density at radius 2 is 2.14 bits per heavy atom. The van der Waals surface area contributed by atoms with Gasteiger partial charge in [-0.1, -0.05) is 23.4 Å². The first-order valence-electron chi connectivity index (χ1n) is 6.05. The minimum Gasteiger partial charge on any atom is -0.477 e. The molecular formula is C14H10N2O3S2. The number of carbonyl (C=O) groups is 1. The third-order valence-corrected chi connectivity index (χ3v) is 4.68. The van der Waals surface area contributed by atoms with Crippen LogP contribution in [0.4, 0.5) is 0 Å². The first-order valence-corrected chi connectivity index (χ1v) is 7.91. The molecule has 0 spiro atoms. The van der Waals surface area contributed by atoms with Crippen molar-refractivity contribution < 1.29 is 14.4 Å². The van der Waals surface area contributed by atoms with Gasteiger partial charge in [0.15, 0.2) is 5.82 Å². The van der Waals surface area contributed by atoms with Gasteiger partial charge in [-0.2, -0.15) is 4.98 Å². The zero-order valence-corrected chi connectivity index (χ0v) is 12.4. The molecule has 3 aromatic rings. The molecule has 3 rings (SSSR count). The molecule has 0 aliphatic heterocycles. The molecule has 0 fully saturated rings. The molecule has 0 aliphatic rings. The predicted molar refractivity (Wildman–Crippen MR) is 80.6 cm³/mol. The monoisotopic (exact) mass is 318 g/mol. The molecule has 5 nitrogen and oxygen atoms in total. The van der Waals surface area contributed by atoms with Crippen molar-refractivity contribution in [3.05, 3.63) is 52.5 Å². The van der Waals surface area contributed by atoms with Gasteiger partial charge < -0.3 is 9.63 Å². The number of hydrogen-bond donors (Lipinski definition) is 1. The lowest BCUT2D eigenvalue weighted by Crippen LogP contribution is -1.89. The van der Waals surface area contributed by atoms with E-state index in [2.05, 4.69) is 10.1 Å². The van der Waals surface area contributed by atoms with Gasteiger partial charge in [-0.25, -0.2) is 4.79 Å². The van der Waals surface area contributed by atoms with Gasteiger partial charge in [0.05, 0.1) is 5.75 Å². The molecule has 0 bridgehead atoms. The average molecular weight is 318 g/mol. The van der Waals surface area contributed by atoms with Gasteiger partial charge in [-0.05, 0) is 18.2 Å². The Morgan fingerprint density at radius 3 is 2.86 bits per heavy atom. The summed E-state index contributed by atoms with van der Waals surface area (Å²) in [5.74, 6) is 0.703. The highest BCUT2D eigenvalue weighted by Crippen LogP contribution is 2.27. The predicted octanol–water partition coefficient (Wildman–Crippen LogP) is 3.79. The summed E-state index contributed by atoms with van der Waals surface area (Å²) in [6.45, 7) is 0. The minimum atomic E-state index is -0.905. The Morgan fingerprint density at radius 1 is 1.33 bits per heavy atom. The maximum Gasteiger partial charge on any atom is 0.345 e. The van der Waals surface area contributed by atoms with Crippen LogP contribution >= 0.6 is 23.1 Å². The number of carboxylic acids is 1. The van der Waals surface area contributed by atoms with E-state index in [1.54, 1.807) is 6.07 Å². The molecule has 0 aliphatic carbocycles. The molecule has 0 unspecified atom stereocenters. The van der Waals surface area contributed by atoms with Gasteiger partial charge in [0.25, 0.3) is 5.89 Å². The molecule has 2 aromatic heterocycles. The second kappa shape index (κ2) is 6.11. The van der Waals surface area contributed by atoms with Crippen LogP contribution in [-0.4, -0.2) is 21.2 Å². The summed E-state index contributed by atoms with van der Waals surface area (Å²) in [5, 5.41) is 14.6. The molecule has 0 amide bonds. The molecule has 21 heavy (non-hydrogen) atoms. The maximum absolute atomic E-state index is 10.8. The standard InChI is InChI=1S/C14H10N2O3S2/c17-14(18)11-6-10(7-21-11)20-8-12-15-13(19-16-12)9-4-2-1-3-5-9/h1-7H,8H2,(H,17,18). The quantitative estimate of drug-likeness (QED) is 0.721. The van der Waals surface area contributed by atoms with Gasteiger partial charge in [-0.15, -0.1) is 23.1 Å². The van der Waals surface area contributed by atoms with E-state index in [0.717, 1.165) is 10.5 Å². The number of thiophene rings is 1. The molecule has 1 N–H and O–H groups in total. The van der Waals surface area contributed by atoms with Gasteiger partial charge in [-0.3, -0.25) is 0 Å². The van der Waals surface area contributed by atoms with E-state index in [0.29, 0.717) is 22.3 Å². The lowest BCUT2D eigenvalue weighted by molar-refractivity contribution is 0.0702. The third kappa shape index (κ3) is 3.32. The molecule has 0 radical (unpaired) electrons. The molecule has 7 heteroatoms. The molecule has 1 aromatic carbocycles. The highest BCUT2D eigenvalue weighted by molar-refractivity contribution is 7.98. The lowest BCUT2D eigenvalue weighted by atomic mass is 10.2. The Hall–Kier alpha value is -2.12. The summed E-state index contributed by atoms with van der Waals surface area (Å²) in [4.78, 5) is 16.4. The summed E-state index contributed by atoms with van der Waals surface area (Å²) in [5.41, 5.74) is 0.880. The summed E-state index contributed by atoms with van der Waals surface area (Å²) in [6, 6.07) is 11.2. The molecule has 0 saturated heterocycles. The van der Waals surface area contributed by atoms with E-state index in [1.807, 2.05) is 35.7 Å². The third-order valence-electron chi connectivity index (χ3n) is 2.64. The van der Waals surface area contributed by atoms with Crippen LogP contribution in [0.25, 0.3) is 11.5 Å². The Bertz CT molecular complexity index is 752. The number of carboxylic acid groups (broad SMARTS) is 1. The van der Waals surface area contributed by atoms with E-state index in [-0.39, 0.29) is 0 Å². The number of aromatic carboxylic acids is 1. The van der Waals surface area contributed by atoms with Crippen molar-refractivity contribution in [3.63, 3.8) is 0 Å². The fourth-order valence-corrected chi connectivity index (χ4v) is 3.38. The van der Waals surface area contributed by atoms with Crippen LogP contribution < -0.4 is 0 Å². The maximum atomic E-state index is 10.8.